The summed E-state index contributed by atoms with van der Waals surface area (Å²) in [6, 6.07) is 10.9. The van der Waals surface area contributed by atoms with Gasteiger partial charge in [-0.2, -0.15) is 0 Å². The number of H-pyrrole nitrogens is 1. The molecule has 1 N–H and O–H groups in total. The fourth-order valence-corrected chi connectivity index (χ4v) is 3.36. The second-order valence-electron chi connectivity index (χ2n) is 6.85. The number of pyridine rings is 1. The molecule has 26 heavy (non-hydrogen) atoms. The number of aromatic amines is 1. The Morgan fingerprint density at radius 2 is 2.12 bits per heavy atom. The van der Waals surface area contributed by atoms with E-state index in [4.69, 9.17) is 9.47 Å². The van der Waals surface area contributed by atoms with Crippen molar-refractivity contribution in [2.24, 2.45) is 0 Å². The number of morpholine rings is 1. The van der Waals surface area contributed by atoms with Gasteiger partial charge in [-0.25, -0.2) is 0 Å². The lowest BCUT2D eigenvalue weighted by Gasteiger charge is -2.33. The molecule has 2 aliphatic rings. The second kappa shape index (κ2) is 6.96. The Hall–Kier alpha value is -2.60. The van der Waals surface area contributed by atoms with Gasteiger partial charge in [-0.1, -0.05) is 12.1 Å². The highest BCUT2D eigenvalue weighted by molar-refractivity contribution is 5.94. The zero-order valence-corrected chi connectivity index (χ0v) is 14.7. The summed E-state index contributed by atoms with van der Waals surface area (Å²) in [5.74, 6) is 1.04. The number of ether oxygens (including phenoxy) is 2. The fourth-order valence-electron chi connectivity index (χ4n) is 3.36. The molecule has 1 aromatic heterocycles. The first-order chi connectivity index (χ1) is 12.6. The average Bonchev–Trinajstić information content (AvgIpc) is 3.52. The summed E-state index contributed by atoms with van der Waals surface area (Å²) in [6.07, 6.45) is 1.94. The van der Waals surface area contributed by atoms with Crippen LogP contribution in [0, 0.1) is 0 Å². The van der Waals surface area contributed by atoms with E-state index in [1.807, 2.05) is 30.3 Å². The van der Waals surface area contributed by atoms with Crippen molar-refractivity contribution in [3.05, 3.63) is 63.6 Å². The number of methoxy groups -OCH3 is 1. The monoisotopic (exact) mass is 354 g/mol. The first kappa shape index (κ1) is 16.8. The largest absolute Gasteiger partial charge is 0.497 e. The molecule has 0 bridgehead atoms. The zero-order valence-electron chi connectivity index (χ0n) is 14.7. The molecule has 6 heteroatoms. The summed E-state index contributed by atoms with van der Waals surface area (Å²) < 4.78 is 11.1. The number of carbonyl (C=O) groups is 1. The van der Waals surface area contributed by atoms with E-state index < -0.39 is 0 Å². The number of amides is 1. The van der Waals surface area contributed by atoms with Gasteiger partial charge in [0.05, 0.1) is 20.3 Å². The summed E-state index contributed by atoms with van der Waals surface area (Å²) in [7, 11) is 1.63. The summed E-state index contributed by atoms with van der Waals surface area (Å²) in [4.78, 5) is 29.5. The minimum absolute atomic E-state index is 0.116. The number of nitrogens with one attached hydrogen (secondary N) is 1. The van der Waals surface area contributed by atoms with Crippen molar-refractivity contribution in [1.82, 2.24) is 9.88 Å². The first-order valence-corrected chi connectivity index (χ1v) is 8.93. The maximum Gasteiger partial charge on any atom is 0.254 e. The molecule has 1 aliphatic heterocycles. The molecule has 1 aliphatic carbocycles. The highest BCUT2D eigenvalue weighted by Gasteiger charge is 2.29. The van der Waals surface area contributed by atoms with Crippen LogP contribution in [0.2, 0.25) is 0 Å². The van der Waals surface area contributed by atoms with Gasteiger partial charge in [0, 0.05) is 23.9 Å². The van der Waals surface area contributed by atoms with E-state index >= 15 is 0 Å². The Morgan fingerprint density at radius 3 is 2.88 bits per heavy atom. The van der Waals surface area contributed by atoms with Crippen molar-refractivity contribution in [2.45, 2.75) is 24.9 Å². The molecule has 0 spiro atoms. The second-order valence-corrected chi connectivity index (χ2v) is 6.85. The van der Waals surface area contributed by atoms with Crippen molar-refractivity contribution in [2.75, 3.05) is 26.8 Å². The van der Waals surface area contributed by atoms with Crippen molar-refractivity contribution in [3.8, 4) is 5.75 Å². The number of aromatic nitrogens is 1. The molecular formula is C20H22N2O4. The highest BCUT2D eigenvalue weighted by atomic mass is 16.5. The van der Waals surface area contributed by atoms with Gasteiger partial charge in [-0.15, -0.1) is 0 Å². The van der Waals surface area contributed by atoms with E-state index in [-0.39, 0.29) is 17.6 Å². The normalized spacial score (nSPS) is 20.0. The summed E-state index contributed by atoms with van der Waals surface area (Å²) in [5, 5.41) is 0. The molecule has 0 unspecified atom stereocenters. The molecule has 6 nitrogen and oxygen atoms in total. The van der Waals surface area contributed by atoms with Crippen LogP contribution >= 0.6 is 0 Å². The molecule has 4 rings (SSSR count). The van der Waals surface area contributed by atoms with E-state index in [9.17, 15) is 9.59 Å². The molecule has 1 atom stereocenters. The minimum Gasteiger partial charge on any atom is -0.497 e. The molecule has 1 saturated carbocycles. The number of hydrogen-bond acceptors (Lipinski definition) is 4. The average molecular weight is 354 g/mol. The molecule has 136 valence electrons. The number of benzene rings is 1. The Balaban J connectivity index is 1.54. The van der Waals surface area contributed by atoms with Crippen LogP contribution in [0.3, 0.4) is 0 Å². The molecule has 1 saturated heterocycles. The van der Waals surface area contributed by atoms with Crippen LogP contribution in [0.4, 0.5) is 0 Å². The predicted octanol–water partition coefficient (Wildman–Crippen LogP) is 2.47. The van der Waals surface area contributed by atoms with Crippen LogP contribution in [0.5, 0.6) is 5.75 Å². The van der Waals surface area contributed by atoms with Gasteiger partial charge in [0.1, 0.15) is 11.9 Å². The Bertz CT molecular complexity index is 872. The summed E-state index contributed by atoms with van der Waals surface area (Å²) in [5.41, 5.74) is 2.10. The standard InChI is InChI=1S/C20H22N2O4/c1-25-16-4-2-3-14(9-16)18-12-22(7-8-26-18)20(24)15-10-17(13-5-6-13)21-19(23)11-15/h2-4,9-11,13,18H,5-8,12H2,1H3,(H,21,23)/t18-/m0/s1. The van der Waals surface area contributed by atoms with Crippen molar-refractivity contribution in [3.63, 3.8) is 0 Å². The van der Waals surface area contributed by atoms with Gasteiger partial charge in [0.15, 0.2) is 0 Å². The third-order valence-corrected chi connectivity index (χ3v) is 4.95. The van der Waals surface area contributed by atoms with Gasteiger partial charge in [-0.3, -0.25) is 9.59 Å². The molecule has 1 amide bonds. The van der Waals surface area contributed by atoms with Crippen molar-refractivity contribution < 1.29 is 14.3 Å². The van der Waals surface area contributed by atoms with Gasteiger partial charge >= 0.3 is 0 Å². The minimum atomic E-state index is -0.213. The topological polar surface area (TPSA) is 71.6 Å². The summed E-state index contributed by atoms with van der Waals surface area (Å²) >= 11 is 0. The smallest absolute Gasteiger partial charge is 0.254 e. The quantitative estimate of drug-likeness (QED) is 0.916. The van der Waals surface area contributed by atoms with Crippen LogP contribution < -0.4 is 10.3 Å². The lowest BCUT2D eigenvalue weighted by atomic mass is 10.1. The Kier molecular flexibility index (Phi) is 4.51. The van der Waals surface area contributed by atoms with E-state index in [1.165, 1.54) is 6.07 Å². The number of carbonyl (C=O) groups excluding carboxylic acids is 1. The van der Waals surface area contributed by atoms with Crippen molar-refractivity contribution >= 4 is 5.91 Å². The Labute approximate surface area is 151 Å². The molecule has 0 radical (unpaired) electrons. The zero-order chi connectivity index (χ0) is 18.1. The van der Waals surface area contributed by atoms with Crippen LogP contribution in [-0.2, 0) is 4.74 Å². The van der Waals surface area contributed by atoms with Crippen LogP contribution in [0.1, 0.15) is 46.5 Å². The third-order valence-electron chi connectivity index (χ3n) is 4.95. The predicted molar refractivity (Wildman–Crippen MR) is 96.6 cm³/mol. The van der Waals surface area contributed by atoms with Crippen LogP contribution in [0.15, 0.2) is 41.2 Å². The van der Waals surface area contributed by atoms with E-state index in [0.29, 0.717) is 31.2 Å². The van der Waals surface area contributed by atoms with Gasteiger partial charge in [0.2, 0.25) is 5.56 Å². The van der Waals surface area contributed by atoms with Gasteiger partial charge < -0.3 is 19.4 Å². The highest BCUT2D eigenvalue weighted by Crippen LogP contribution is 2.38. The van der Waals surface area contributed by atoms with Crippen molar-refractivity contribution in [1.29, 1.82) is 0 Å². The van der Waals surface area contributed by atoms with Crippen LogP contribution in [0.25, 0.3) is 0 Å². The molecular weight excluding hydrogens is 332 g/mol. The van der Waals surface area contributed by atoms with Gasteiger partial charge in [-0.05, 0) is 42.5 Å². The maximum atomic E-state index is 12.9. The number of nitrogens with zero attached hydrogens (tertiary/aromatic N) is 1. The lowest BCUT2D eigenvalue weighted by molar-refractivity contribution is -0.0229. The lowest BCUT2D eigenvalue weighted by Crippen LogP contribution is -2.42. The van der Waals surface area contributed by atoms with E-state index in [0.717, 1.165) is 29.8 Å². The number of rotatable bonds is 4. The van der Waals surface area contributed by atoms with E-state index in [2.05, 4.69) is 4.98 Å². The Morgan fingerprint density at radius 1 is 1.27 bits per heavy atom. The number of hydrogen-bond donors (Lipinski definition) is 1. The maximum absolute atomic E-state index is 12.9. The molecule has 2 fully saturated rings. The van der Waals surface area contributed by atoms with E-state index in [1.54, 1.807) is 12.0 Å². The summed E-state index contributed by atoms with van der Waals surface area (Å²) in [6.45, 7) is 1.44. The fraction of sp³-hybridized carbons (Fsp3) is 0.400. The van der Waals surface area contributed by atoms with Crippen LogP contribution in [-0.4, -0.2) is 42.6 Å². The third kappa shape index (κ3) is 3.51. The van der Waals surface area contributed by atoms with Gasteiger partial charge in [0.25, 0.3) is 5.91 Å². The first-order valence-electron chi connectivity index (χ1n) is 8.93. The SMILES string of the molecule is COc1cccc([C@@H]2CN(C(=O)c3cc(C4CC4)[nH]c(=O)c3)CCO2)c1. The molecule has 2 aromatic rings. The molecule has 2 heterocycles. The molecule has 1 aromatic carbocycles.